The van der Waals surface area contributed by atoms with Crippen LogP contribution in [0.4, 0.5) is 5.69 Å². The van der Waals surface area contributed by atoms with Crippen molar-refractivity contribution in [3.05, 3.63) is 34.4 Å². The summed E-state index contributed by atoms with van der Waals surface area (Å²) in [6, 6.07) is 6.07. The molecule has 1 aliphatic carbocycles. The molecule has 5 nitrogen and oxygen atoms in total. The topological polar surface area (TPSA) is 72.6 Å². The maximum Gasteiger partial charge on any atom is 0.273 e. The summed E-state index contributed by atoms with van der Waals surface area (Å²) in [7, 11) is 0. The lowest BCUT2D eigenvalue weighted by Crippen LogP contribution is -2.34. The summed E-state index contributed by atoms with van der Waals surface area (Å²) in [4.78, 5) is 10.2. The second kappa shape index (κ2) is 5.14. The van der Waals surface area contributed by atoms with Crippen LogP contribution in [0.25, 0.3) is 0 Å². The molecule has 1 aromatic rings. The zero-order chi connectivity index (χ0) is 12.3. The van der Waals surface area contributed by atoms with E-state index >= 15 is 0 Å². The van der Waals surface area contributed by atoms with Crippen LogP contribution in [-0.2, 0) is 0 Å². The van der Waals surface area contributed by atoms with Crippen molar-refractivity contribution in [1.82, 2.24) is 0 Å². The first kappa shape index (κ1) is 11.9. The fourth-order valence-corrected chi connectivity index (χ4v) is 2.06. The average Bonchev–Trinajstić information content (AvgIpc) is 2.32. The third kappa shape index (κ3) is 2.94. The third-order valence-corrected chi connectivity index (χ3v) is 2.98. The lowest BCUT2D eigenvalue weighted by Gasteiger charge is -2.28. The summed E-state index contributed by atoms with van der Waals surface area (Å²) in [5, 5.41) is 20.4. The van der Waals surface area contributed by atoms with Gasteiger partial charge in [-0.3, -0.25) is 10.1 Å². The molecular weight excluding hydrogens is 222 g/mol. The summed E-state index contributed by atoms with van der Waals surface area (Å²) in [6.07, 6.45) is 2.85. The van der Waals surface area contributed by atoms with Gasteiger partial charge in [0.2, 0.25) is 0 Å². The number of aliphatic hydroxyl groups is 1. The molecule has 2 atom stereocenters. The van der Waals surface area contributed by atoms with E-state index in [0.717, 1.165) is 25.7 Å². The van der Waals surface area contributed by atoms with Gasteiger partial charge in [-0.1, -0.05) is 12.5 Å². The van der Waals surface area contributed by atoms with E-state index in [9.17, 15) is 15.2 Å². The van der Waals surface area contributed by atoms with Gasteiger partial charge in [0.05, 0.1) is 17.1 Å². The van der Waals surface area contributed by atoms with Gasteiger partial charge in [0.15, 0.2) is 0 Å². The molecule has 2 rings (SSSR count). The molecule has 1 aromatic carbocycles. The number of nitrogens with zero attached hydrogens (tertiary/aromatic N) is 1. The van der Waals surface area contributed by atoms with Gasteiger partial charge in [-0.05, 0) is 25.3 Å². The standard InChI is InChI=1S/C12H15NO4/c14-11-6-1-2-7-12(11)17-10-5-3-4-9(8-10)13(15)16/h3-5,8,11-12,14H,1-2,6-7H2/t11-,12-/m1/s1. The first-order valence-electron chi connectivity index (χ1n) is 5.76. The summed E-state index contributed by atoms with van der Waals surface area (Å²) >= 11 is 0. The van der Waals surface area contributed by atoms with E-state index < -0.39 is 11.0 Å². The number of nitro benzene ring substituents is 1. The second-order valence-corrected chi connectivity index (χ2v) is 4.26. The van der Waals surface area contributed by atoms with Gasteiger partial charge in [-0.15, -0.1) is 0 Å². The van der Waals surface area contributed by atoms with Gasteiger partial charge in [0.25, 0.3) is 5.69 Å². The number of benzene rings is 1. The number of nitro groups is 1. The van der Waals surface area contributed by atoms with Gasteiger partial charge < -0.3 is 9.84 Å². The Morgan fingerprint density at radius 2 is 2.12 bits per heavy atom. The molecule has 0 radical (unpaired) electrons. The van der Waals surface area contributed by atoms with Crippen LogP contribution in [0.15, 0.2) is 24.3 Å². The summed E-state index contributed by atoms with van der Waals surface area (Å²) < 4.78 is 5.60. The van der Waals surface area contributed by atoms with Crippen LogP contribution >= 0.6 is 0 Å². The molecule has 5 heteroatoms. The normalized spacial score (nSPS) is 24.3. The molecule has 0 bridgehead atoms. The van der Waals surface area contributed by atoms with Crippen LogP contribution in [0, 0.1) is 10.1 Å². The molecule has 1 N–H and O–H groups in total. The highest BCUT2D eigenvalue weighted by molar-refractivity contribution is 5.38. The third-order valence-electron chi connectivity index (χ3n) is 2.98. The van der Waals surface area contributed by atoms with E-state index in [-0.39, 0.29) is 11.8 Å². The van der Waals surface area contributed by atoms with Gasteiger partial charge in [0.1, 0.15) is 11.9 Å². The zero-order valence-electron chi connectivity index (χ0n) is 9.41. The Balaban J connectivity index is 2.07. The molecule has 1 fully saturated rings. The molecule has 0 saturated heterocycles. The van der Waals surface area contributed by atoms with Crippen molar-refractivity contribution in [2.75, 3.05) is 0 Å². The SMILES string of the molecule is O=[N+]([O-])c1cccc(O[C@@H]2CCCC[C@H]2O)c1. The highest BCUT2D eigenvalue weighted by Crippen LogP contribution is 2.26. The summed E-state index contributed by atoms with van der Waals surface area (Å²) in [5.41, 5.74) is 0.00722. The minimum absolute atomic E-state index is 0.00722. The van der Waals surface area contributed by atoms with Crippen molar-refractivity contribution in [2.45, 2.75) is 37.9 Å². The Morgan fingerprint density at radius 3 is 2.82 bits per heavy atom. The van der Waals surface area contributed by atoms with Gasteiger partial charge >= 0.3 is 0 Å². The fourth-order valence-electron chi connectivity index (χ4n) is 2.06. The average molecular weight is 237 g/mol. The monoisotopic (exact) mass is 237 g/mol. The van der Waals surface area contributed by atoms with E-state index in [0.29, 0.717) is 5.75 Å². The number of ether oxygens (including phenoxy) is 1. The Hall–Kier alpha value is -1.62. The minimum atomic E-state index is -0.469. The molecule has 0 spiro atoms. The molecule has 0 heterocycles. The Kier molecular flexibility index (Phi) is 3.58. The predicted molar refractivity (Wildman–Crippen MR) is 62.0 cm³/mol. The Bertz CT molecular complexity index is 407. The zero-order valence-corrected chi connectivity index (χ0v) is 9.41. The molecule has 0 aromatic heterocycles. The van der Waals surface area contributed by atoms with Crippen molar-refractivity contribution >= 4 is 5.69 Å². The lowest BCUT2D eigenvalue weighted by atomic mass is 9.95. The molecule has 0 unspecified atom stereocenters. The molecule has 92 valence electrons. The van der Waals surface area contributed by atoms with Crippen LogP contribution in [-0.4, -0.2) is 22.2 Å². The molecule has 1 saturated carbocycles. The van der Waals surface area contributed by atoms with E-state index in [2.05, 4.69) is 0 Å². The Morgan fingerprint density at radius 1 is 1.35 bits per heavy atom. The van der Waals surface area contributed by atoms with Gasteiger partial charge in [0, 0.05) is 6.07 Å². The first-order valence-corrected chi connectivity index (χ1v) is 5.76. The largest absolute Gasteiger partial charge is 0.487 e. The lowest BCUT2D eigenvalue weighted by molar-refractivity contribution is -0.385. The van der Waals surface area contributed by atoms with Crippen molar-refractivity contribution in [2.24, 2.45) is 0 Å². The maximum atomic E-state index is 10.6. The van der Waals surface area contributed by atoms with Crippen molar-refractivity contribution in [3.63, 3.8) is 0 Å². The first-order chi connectivity index (χ1) is 8.16. The summed E-state index contributed by atoms with van der Waals surface area (Å²) in [5.74, 6) is 0.449. The van der Waals surface area contributed by atoms with Crippen LogP contribution < -0.4 is 4.74 Å². The van der Waals surface area contributed by atoms with E-state index in [1.165, 1.54) is 12.1 Å². The maximum absolute atomic E-state index is 10.6. The number of hydrogen-bond acceptors (Lipinski definition) is 4. The predicted octanol–water partition coefficient (Wildman–Crippen LogP) is 2.28. The number of hydrogen-bond donors (Lipinski definition) is 1. The molecular formula is C12H15NO4. The van der Waals surface area contributed by atoms with Crippen molar-refractivity contribution in [1.29, 1.82) is 0 Å². The number of aliphatic hydroxyl groups excluding tert-OH is 1. The smallest absolute Gasteiger partial charge is 0.273 e. The van der Waals surface area contributed by atoms with Gasteiger partial charge in [-0.2, -0.15) is 0 Å². The van der Waals surface area contributed by atoms with Crippen LogP contribution in [0.5, 0.6) is 5.75 Å². The van der Waals surface area contributed by atoms with E-state index in [1.54, 1.807) is 12.1 Å². The molecule has 0 amide bonds. The molecule has 1 aliphatic rings. The summed E-state index contributed by atoms with van der Waals surface area (Å²) in [6.45, 7) is 0. The van der Waals surface area contributed by atoms with E-state index in [1.807, 2.05) is 0 Å². The minimum Gasteiger partial charge on any atom is -0.487 e. The molecule has 17 heavy (non-hydrogen) atoms. The van der Waals surface area contributed by atoms with Crippen LogP contribution in [0.2, 0.25) is 0 Å². The Labute approximate surface area is 99.2 Å². The quantitative estimate of drug-likeness (QED) is 0.646. The van der Waals surface area contributed by atoms with E-state index in [4.69, 9.17) is 4.74 Å². The van der Waals surface area contributed by atoms with Crippen molar-refractivity contribution in [3.8, 4) is 5.75 Å². The van der Waals surface area contributed by atoms with Crippen LogP contribution in [0.1, 0.15) is 25.7 Å². The van der Waals surface area contributed by atoms with Gasteiger partial charge in [-0.25, -0.2) is 0 Å². The second-order valence-electron chi connectivity index (χ2n) is 4.26. The van der Waals surface area contributed by atoms with Crippen molar-refractivity contribution < 1.29 is 14.8 Å². The number of non-ortho nitro benzene ring substituents is 1. The van der Waals surface area contributed by atoms with Crippen LogP contribution in [0.3, 0.4) is 0 Å². The molecule has 0 aliphatic heterocycles. The highest BCUT2D eigenvalue weighted by atomic mass is 16.6. The fraction of sp³-hybridized carbons (Fsp3) is 0.500. The highest BCUT2D eigenvalue weighted by Gasteiger charge is 2.24. The number of rotatable bonds is 3.